The molecule has 0 saturated carbocycles. The van der Waals surface area contributed by atoms with E-state index in [0.717, 1.165) is 29.0 Å². The molecule has 2 heterocycles. The molecule has 0 fully saturated rings. The highest BCUT2D eigenvalue weighted by Gasteiger charge is 2.18. The number of esters is 1. The Morgan fingerprint density at radius 1 is 1.10 bits per heavy atom. The van der Waals surface area contributed by atoms with Crippen LogP contribution in [0.1, 0.15) is 42.0 Å². The first-order valence-electron chi connectivity index (χ1n) is 10.3. The number of carbonyl (C=O) groups is 2. The molecule has 164 valence electrons. The molecule has 0 aliphatic carbocycles. The van der Waals surface area contributed by atoms with Gasteiger partial charge in [-0.1, -0.05) is 26.0 Å². The van der Waals surface area contributed by atoms with Crippen LogP contribution in [0.25, 0.3) is 10.8 Å². The van der Waals surface area contributed by atoms with Crippen molar-refractivity contribution < 1.29 is 14.3 Å². The molecule has 3 aromatic rings. The average Bonchev–Trinajstić information content (AvgIpc) is 3.02. The Kier molecular flexibility index (Phi) is 6.58. The van der Waals surface area contributed by atoms with Crippen LogP contribution in [0.2, 0.25) is 0 Å². The van der Waals surface area contributed by atoms with E-state index in [1.165, 1.54) is 12.1 Å². The van der Waals surface area contributed by atoms with Crippen LogP contribution in [0.5, 0.6) is 0 Å². The first-order chi connectivity index (χ1) is 14.7. The lowest BCUT2D eigenvalue weighted by Gasteiger charge is -2.11. The summed E-state index contributed by atoms with van der Waals surface area (Å²) < 4.78 is 8.08. The van der Waals surface area contributed by atoms with E-state index in [2.05, 4.69) is 23.5 Å². The van der Waals surface area contributed by atoms with E-state index in [9.17, 15) is 19.2 Å². The van der Waals surface area contributed by atoms with Gasteiger partial charge in [0, 0.05) is 23.5 Å². The molecule has 0 spiro atoms. The van der Waals surface area contributed by atoms with Gasteiger partial charge in [-0.25, -0.2) is 4.68 Å². The number of aryl methyl sites for hydroxylation is 1. The van der Waals surface area contributed by atoms with Gasteiger partial charge in [-0.3, -0.25) is 24.3 Å². The van der Waals surface area contributed by atoms with Crippen molar-refractivity contribution in [3.63, 3.8) is 0 Å². The lowest BCUT2D eigenvalue weighted by atomic mass is 10.1. The molecule has 31 heavy (non-hydrogen) atoms. The monoisotopic (exact) mass is 425 g/mol. The lowest BCUT2D eigenvalue weighted by Crippen LogP contribution is -2.33. The summed E-state index contributed by atoms with van der Waals surface area (Å²) in [5.74, 6) is -0.544. The summed E-state index contributed by atoms with van der Waals surface area (Å²) in [6.07, 6.45) is 0.998. The van der Waals surface area contributed by atoms with Crippen molar-refractivity contribution in [2.75, 3.05) is 6.61 Å². The third-order valence-corrected chi connectivity index (χ3v) is 5.34. The van der Waals surface area contributed by atoms with Crippen molar-refractivity contribution in [1.29, 1.82) is 0 Å². The van der Waals surface area contributed by atoms with Crippen molar-refractivity contribution in [1.82, 2.24) is 14.3 Å². The zero-order valence-electron chi connectivity index (χ0n) is 18.2. The third-order valence-electron chi connectivity index (χ3n) is 5.34. The number of hydrogen-bond acceptors (Lipinski definition) is 5. The fourth-order valence-electron chi connectivity index (χ4n) is 3.57. The van der Waals surface area contributed by atoms with Crippen molar-refractivity contribution in [3.8, 4) is 0 Å². The molecule has 8 nitrogen and oxygen atoms in total. The quantitative estimate of drug-likeness (QED) is 0.441. The van der Waals surface area contributed by atoms with Gasteiger partial charge in [0.05, 0.1) is 10.8 Å². The first-order valence-corrected chi connectivity index (χ1v) is 10.3. The SMILES string of the molecule is Cc1cc(C(=O)COC(=O)Cn2[nH]c(=O)c3ccccc3c2=O)c(C)n1CCC(C)C. The summed E-state index contributed by atoms with van der Waals surface area (Å²) in [4.78, 5) is 49.4. The van der Waals surface area contributed by atoms with Gasteiger partial charge in [0.1, 0.15) is 6.54 Å². The number of aromatic amines is 1. The number of ketones is 1. The Labute approximate surface area is 179 Å². The molecule has 0 bridgehead atoms. The maximum Gasteiger partial charge on any atom is 0.328 e. The van der Waals surface area contributed by atoms with Crippen molar-refractivity contribution in [3.05, 3.63) is 68.0 Å². The fraction of sp³-hybridized carbons (Fsp3) is 0.391. The van der Waals surface area contributed by atoms with Gasteiger partial charge in [-0.15, -0.1) is 0 Å². The van der Waals surface area contributed by atoms with E-state index in [1.807, 2.05) is 13.8 Å². The normalized spacial score (nSPS) is 11.3. The molecule has 0 atom stereocenters. The number of rotatable bonds is 8. The molecule has 8 heteroatoms. The van der Waals surface area contributed by atoms with Crippen LogP contribution < -0.4 is 11.1 Å². The van der Waals surface area contributed by atoms with E-state index >= 15 is 0 Å². The fourth-order valence-corrected chi connectivity index (χ4v) is 3.57. The zero-order chi connectivity index (χ0) is 22.7. The topological polar surface area (TPSA) is 103 Å². The number of nitrogens with zero attached hydrogens (tertiary/aromatic N) is 2. The second-order valence-corrected chi connectivity index (χ2v) is 8.08. The number of ether oxygens (including phenoxy) is 1. The van der Waals surface area contributed by atoms with Gasteiger partial charge in [0.15, 0.2) is 6.61 Å². The Morgan fingerprint density at radius 2 is 1.77 bits per heavy atom. The minimum Gasteiger partial charge on any atom is -0.456 e. The highest BCUT2D eigenvalue weighted by molar-refractivity contribution is 5.99. The highest BCUT2D eigenvalue weighted by atomic mass is 16.5. The molecule has 2 aromatic heterocycles. The second kappa shape index (κ2) is 9.16. The minimum atomic E-state index is -0.782. The summed E-state index contributed by atoms with van der Waals surface area (Å²) >= 11 is 0. The first kappa shape index (κ1) is 22.3. The van der Waals surface area contributed by atoms with E-state index in [1.54, 1.807) is 18.2 Å². The molecule has 0 aliphatic heterocycles. The van der Waals surface area contributed by atoms with Crippen LogP contribution in [0, 0.1) is 19.8 Å². The van der Waals surface area contributed by atoms with Gasteiger partial charge >= 0.3 is 5.97 Å². The summed E-state index contributed by atoms with van der Waals surface area (Å²) in [6.45, 7) is 8.02. The van der Waals surface area contributed by atoms with Crippen LogP contribution in [0.4, 0.5) is 0 Å². The predicted octanol–water partition coefficient (Wildman–Crippen LogP) is 2.58. The Balaban J connectivity index is 1.68. The molecule has 0 amide bonds. The van der Waals surface area contributed by atoms with Crippen LogP contribution in [-0.2, 0) is 22.6 Å². The number of nitrogens with one attached hydrogen (secondary N) is 1. The van der Waals surface area contributed by atoms with Gasteiger partial charge < -0.3 is 9.30 Å². The Hall–Kier alpha value is -3.42. The van der Waals surface area contributed by atoms with Crippen molar-refractivity contribution in [2.45, 2.75) is 47.2 Å². The van der Waals surface area contributed by atoms with Crippen LogP contribution >= 0.6 is 0 Å². The second-order valence-electron chi connectivity index (χ2n) is 8.08. The van der Waals surface area contributed by atoms with Crippen LogP contribution in [-0.4, -0.2) is 32.7 Å². The molecule has 1 aromatic carbocycles. The number of benzene rings is 1. The van der Waals surface area contributed by atoms with E-state index in [-0.39, 0.29) is 16.6 Å². The van der Waals surface area contributed by atoms with Crippen molar-refractivity contribution >= 4 is 22.5 Å². The van der Waals surface area contributed by atoms with E-state index in [4.69, 9.17) is 4.74 Å². The molecule has 1 N–H and O–H groups in total. The minimum absolute atomic E-state index is 0.212. The van der Waals surface area contributed by atoms with Crippen LogP contribution in [0.15, 0.2) is 39.9 Å². The molecule has 3 rings (SSSR count). The van der Waals surface area contributed by atoms with E-state index < -0.39 is 30.2 Å². The van der Waals surface area contributed by atoms with Crippen molar-refractivity contribution in [2.24, 2.45) is 5.92 Å². The number of fused-ring (bicyclic) bond motifs is 1. The number of H-pyrrole nitrogens is 1. The lowest BCUT2D eigenvalue weighted by molar-refractivity contribution is -0.143. The molecular weight excluding hydrogens is 398 g/mol. The smallest absolute Gasteiger partial charge is 0.328 e. The number of Topliss-reactive ketones (excluding diaryl/α,β-unsaturated/α-hetero) is 1. The van der Waals surface area contributed by atoms with Gasteiger partial charge in [-0.2, -0.15) is 0 Å². The molecule has 0 aliphatic rings. The number of aromatic nitrogens is 3. The summed E-state index contributed by atoms with van der Waals surface area (Å²) in [5, 5.41) is 2.83. The summed E-state index contributed by atoms with van der Waals surface area (Å²) in [7, 11) is 0. The maximum absolute atomic E-state index is 12.6. The Morgan fingerprint density at radius 3 is 2.45 bits per heavy atom. The van der Waals surface area contributed by atoms with Gasteiger partial charge in [0.25, 0.3) is 11.1 Å². The standard InChI is InChI=1S/C23H27N3O5/c1-14(2)9-10-25-15(3)11-19(16(25)4)20(27)13-31-21(28)12-26-23(30)18-8-6-5-7-17(18)22(29)24-26/h5-8,11,14H,9-10,12-13H2,1-4H3,(H,24,29). The number of hydrogen-bond donors (Lipinski definition) is 1. The third kappa shape index (κ3) is 4.84. The maximum atomic E-state index is 12.6. The summed E-state index contributed by atoms with van der Waals surface area (Å²) in [5.41, 5.74) is 1.35. The van der Waals surface area contributed by atoms with Crippen LogP contribution in [0.3, 0.4) is 0 Å². The molecule has 0 radical (unpaired) electrons. The average molecular weight is 425 g/mol. The number of carbonyl (C=O) groups excluding carboxylic acids is 2. The molecule has 0 saturated heterocycles. The Bertz CT molecular complexity index is 1250. The van der Waals surface area contributed by atoms with Gasteiger partial charge in [0.2, 0.25) is 5.78 Å². The summed E-state index contributed by atoms with van der Waals surface area (Å²) in [6, 6.07) is 8.15. The zero-order valence-corrected chi connectivity index (χ0v) is 18.2. The van der Waals surface area contributed by atoms with E-state index in [0.29, 0.717) is 11.5 Å². The highest BCUT2D eigenvalue weighted by Crippen LogP contribution is 2.18. The largest absolute Gasteiger partial charge is 0.456 e. The predicted molar refractivity (Wildman–Crippen MR) is 117 cm³/mol. The molecular formula is C23H27N3O5. The molecule has 0 unspecified atom stereocenters. The van der Waals surface area contributed by atoms with Gasteiger partial charge in [-0.05, 0) is 44.4 Å².